The van der Waals surface area contributed by atoms with E-state index in [0.29, 0.717) is 17.0 Å². The van der Waals surface area contributed by atoms with Gasteiger partial charge in [0.2, 0.25) is 0 Å². The summed E-state index contributed by atoms with van der Waals surface area (Å²) in [4.78, 5) is 7.53. The molecular formula is C22H43N3O2. The second-order valence-corrected chi connectivity index (χ2v) is 10.2. The third kappa shape index (κ3) is 4.69. The first kappa shape index (κ1) is 21.5. The summed E-state index contributed by atoms with van der Waals surface area (Å²) in [7, 11) is 0. The predicted molar refractivity (Wildman–Crippen MR) is 111 cm³/mol. The first-order valence-electron chi connectivity index (χ1n) is 11.2. The van der Waals surface area contributed by atoms with Crippen molar-refractivity contribution in [2.45, 2.75) is 78.0 Å². The zero-order valence-corrected chi connectivity index (χ0v) is 18.7. The normalized spacial score (nSPS) is 28.3. The summed E-state index contributed by atoms with van der Waals surface area (Å²) in [6.45, 7) is 24.0. The van der Waals surface area contributed by atoms with E-state index in [4.69, 9.17) is 9.47 Å². The summed E-state index contributed by atoms with van der Waals surface area (Å²) in [6.07, 6.45) is 2.77. The molecule has 2 spiro atoms. The number of ether oxygens (including phenoxy) is 2. The van der Waals surface area contributed by atoms with E-state index < -0.39 is 0 Å². The maximum atomic E-state index is 5.22. The molecule has 0 saturated carbocycles. The summed E-state index contributed by atoms with van der Waals surface area (Å²) < 4.78 is 10.4. The minimum absolute atomic E-state index is 0.494. The van der Waals surface area contributed by atoms with Crippen molar-refractivity contribution in [3.63, 3.8) is 0 Å². The van der Waals surface area contributed by atoms with Crippen LogP contribution in [0.15, 0.2) is 0 Å². The van der Waals surface area contributed by atoms with Gasteiger partial charge in [0.1, 0.15) is 0 Å². The maximum Gasteiger partial charge on any atom is 0.0693 e. The highest BCUT2D eigenvalue weighted by molar-refractivity contribution is 5.05. The Morgan fingerprint density at radius 3 is 1.37 bits per heavy atom. The fourth-order valence-corrected chi connectivity index (χ4v) is 4.62. The van der Waals surface area contributed by atoms with E-state index >= 15 is 0 Å². The fraction of sp³-hybridized carbons (Fsp3) is 1.00. The minimum atomic E-state index is 0.494. The van der Waals surface area contributed by atoms with Gasteiger partial charge in [-0.05, 0) is 67.5 Å². The van der Waals surface area contributed by atoms with Gasteiger partial charge in [0.05, 0.1) is 32.0 Å². The van der Waals surface area contributed by atoms with Crippen LogP contribution in [0.2, 0.25) is 0 Å². The van der Waals surface area contributed by atoms with Crippen molar-refractivity contribution in [1.82, 2.24) is 14.7 Å². The Balaban J connectivity index is 0.000000119. The zero-order chi connectivity index (χ0) is 19.7. The van der Waals surface area contributed by atoms with Crippen LogP contribution in [0.3, 0.4) is 0 Å². The van der Waals surface area contributed by atoms with E-state index in [0.717, 1.165) is 38.5 Å². The molecule has 5 saturated heterocycles. The first-order chi connectivity index (χ1) is 12.8. The average molecular weight is 382 g/mol. The number of hydrogen-bond acceptors (Lipinski definition) is 5. The van der Waals surface area contributed by atoms with Crippen molar-refractivity contribution in [3.05, 3.63) is 0 Å². The van der Waals surface area contributed by atoms with E-state index in [1.165, 1.54) is 45.6 Å². The molecule has 0 amide bonds. The van der Waals surface area contributed by atoms with Crippen LogP contribution in [-0.2, 0) is 9.47 Å². The van der Waals surface area contributed by atoms with Gasteiger partial charge in [0.15, 0.2) is 0 Å². The van der Waals surface area contributed by atoms with Gasteiger partial charge in [0, 0.05) is 43.2 Å². The van der Waals surface area contributed by atoms with Crippen LogP contribution < -0.4 is 0 Å². The molecule has 0 radical (unpaired) electrons. The molecular weight excluding hydrogens is 338 g/mol. The lowest BCUT2D eigenvalue weighted by atomic mass is 9.77. The first-order valence-corrected chi connectivity index (χ1v) is 11.2. The van der Waals surface area contributed by atoms with Gasteiger partial charge in [-0.25, -0.2) is 0 Å². The van der Waals surface area contributed by atoms with E-state index in [1.54, 1.807) is 0 Å². The molecule has 5 heterocycles. The molecule has 0 atom stereocenters. The molecule has 158 valence electrons. The van der Waals surface area contributed by atoms with Gasteiger partial charge in [0.25, 0.3) is 0 Å². The topological polar surface area (TPSA) is 28.2 Å². The highest BCUT2D eigenvalue weighted by Crippen LogP contribution is 2.39. The van der Waals surface area contributed by atoms with Crippen molar-refractivity contribution in [2.24, 2.45) is 5.41 Å². The number of likely N-dealkylation sites (tertiary alicyclic amines) is 3. The monoisotopic (exact) mass is 381 g/mol. The quantitative estimate of drug-likeness (QED) is 0.749. The average Bonchev–Trinajstić information content (AvgIpc) is 2.28. The molecule has 5 fully saturated rings. The van der Waals surface area contributed by atoms with Crippen molar-refractivity contribution in [2.75, 3.05) is 59.2 Å². The second kappa shape index (κ2) is 8.66. The molecule has 0 aromatic heterocycles. The third-order valence-electron chi connectivity index (χ3n) is 7.04. The van der Waals surface area contributed by atoms with Crippen LogP contribution in [-0.4, -0.2) is 97.5 Å². The number of hydrogen-bond donors (Lipinski definition) is 0. The summed E-state index contributed by atoms with van der Waals surface area (Å²) in [6, 6.07) is 2.22. The zero-order valence-electron chi connectivity index (χ0n) is 18.7. The molecule has 0 unspecified atom stereocenters. The van der Waals surface area contributed by atoms with Gasteiger partial charge in [-0.3, -0.25) is 9.80 Å². The van der Waals surface area contributed by atoms with E-state index in [2.05, 4.69) is 56.2 Å². The predicted octanol–water partition coefficient (Wildman–Crippen LogP) is 2.70. The molecule has 5 aliphatic rings. The number of rotatable bonds is 3. The Morgan fingerprint density at radius 2 is 1.22 bits per heavy atom. The van der Waals surface area contributed by atoms with Crippen LogP contribution in [0.25, 0.3) is 0 Å². The number of nitrogens with zero attached hydrogens (tertiary/aromatic N) is 3. The molecule has 5 nitrogen and oxygen atoms in total. The van der Waals surface area contributed by atoms with Gasteiger partial charge in [-0.2, -0.15) is 0 Å². The highest BCUT2D eigenvalue weighted by Gasteiger charge is 2.51. The SMILES string of the molecule is CC(C)N1CC2(COC2)C1.CC(C)N1CCC1.CC(C)N1CCC12COC2. The van der Waals surface area contributed by atoms with Crippen LogP contribution >= 0.6 is 0 Å². The lowest BCUT2D eigenvalue weighted by molar-refractivity contribution is -0.202. The Hall–Kier alpha value is -0.200. The summed E-state index contributed by atoms with van der Waals surface area (Å²) in [5.41, 5.74) is 1.10. The molecule has 0 aromatic rings. The lowest BCUT2D eigenvalue weighted by Crippen LogP contribution is -2.72. The van der Waals surface area contributed by atoms with Crippen LogP contribution in [0.5, 0.6) is 0 Å². The fourth-order valence-electron chi connectivity index (χ4n) is 4.62. The van der Waals surface area contributed by atoms with E-state index in [-0.39, 0.29) is 0 Å². The smallest absolute Gasteiger partial charge is 0.0693 e. The Bertz CT molecular complexity index is 455. The molecule has 5 aliphatic heterocycles. The molecule has 0 bridgehead atoms. The molecule has 5 rings (SSSR count). The van der Waals surface area contributed by atoms with Gasteiger partial charge >= 0.3 is 0 Å². The van der Waals surface area contributed by atoms with Gasteiger partial charge in [-0.1, -0.05) is 0 Å². The Labute approximate surface area is 167 Å². The van der Waals surface area contributed by atoms with Crippen molar-refractivity contribution in [1.29, 1.82) is 0 Å². The summed E-state index contributed by atoms with van der Waals surface area (Å²) >= 11 is 0. The molecule has 0 N–H and O–H groups in total. The summed E-state index contributed by atoms with van der Waals surface area (Å²) in [5.74, 6) is 0. The van der Waals surface area contributed by atoms with Crippen molar-refractivity contribution >= 4 is 0 Å². The largest absolute Gasteiger partial charge is 0.380 e. The lowest BCUT2D eigenvalue weighted by Gasteiger charge is -2.59. The summed E-state index contributed by atoms with van der Waals surface area (Å²) in [5, 5.41) is 0. The maximum absolute atomic E-state index is 5.22. The van der Waals surface area contributed by atoms with Crippen molar-refractivity contribution < 1.29 is 9.47 Å². The van der Waals surface area contributed by atoms with Crippen LogP contribution in [0, 0.1) is 5.41 Å². The third-order valence-corrected chi connectivity index (χ3v) is 7.04. The molecule has 0 aliphatic carbocycles. The van der Waals surface area contributed by atoms with Crippen molar-refractivity contribution in [3.8, 4) is 0 Å². The molecule has 0 aromatic carbocycles. The second-order valence-electron chi connectivity index (χ2n) is 10.2. The standard InChI is InChI=1S/2C8H15NO.C6H13N/c1-7(2)9-3-8(4-9)5-10-6-8;1-7(2)9-4-3-8(9)5-10-6-8;1-6(2)7-4-3-5-7/h2*7H,3-6H2,1-2H3;6H,3-5H2,1-2H3. The van der Waals surface area contributed by atoms with E-state index in [9.17, 15) is 0 Å². The van der Waals surface area contributed by atoms with Gasteiger partial charge < -0.3 is 14.4 Å². The Morgan fingerprint density at radius 1 is 0.667 bits per heavy atom. The molecule has 27 heavy (non-hydrogen) atoms. The van der Waals surface area contributed by atoms with E-state index in [1.807, 2.05) is 0 Å². The van der Waals surface area contributed by atoms with Gasteiger partial charge in [-0.15, -0.1) is 0 Å². The Kier molecular flexibility index (Phi) is 6.90. The van der Waals surface area contributed by atoms with Crippen LogP contribution in [0.1, 0.15) is 54.4 Å². The highest BCUT2D eigenvalue weighted by atomic mass is 16.5. The minimum Gasteiger partial charge on any atom is -0.380 e. The van der Waals surface area contributed by atoms with Crippen LogP contribution in [0.4, 0.5) is 0 Å². The molecule has 5 heteroatoms.